The van der Waals surface area contributed by atoms with E-state index in [9.17, 15) is 0 Å². The van der Waals surface area contributed by atoms with Crippen molar-refractivity contribution in [1.82, 2.24) is 0 Å². The van der Waals surface area contributed by atoms with Crippen LogP contribution in [0.15, 0.2) is 0 Å². The number of hydrogen-bond acceptors (Lipinski definition) is 0. The van der Waals surface area contributed by atoms with Gasteiger partial charge >= 0.3 is 69.5 Å². The van der Waals surface area contributed by atoms with Gasteiger partial charge < -0.3 is 0 Å². The Labute approximate surface area is 93.9 Å². The first kappa shape index (κ1) is 18.2. The average molecular weight is 306 g/mol. The molecule has 0 spiro atoms. The van der Waals surface area contributed by atoms with Crippen LogP contribution >= 0.6 is 24.8 Å². The van der Waals surface area contributed by atoms with Gasteiger partial charge in [-0.1, -0.05) is 0 Å². The van der Waals surface area contributed by atoms with E-state index in [0.29, 0.717) is 6.86 Å². The normalized spacial score (nSPS) is 11.5. The zero-order valence-electron chi connectivity index (χ0n) is 8.32. The van der Waals surface area contributed by atoms with E-state index >= 15 is 0 Å². The minimum Gasteiger partial charge on any atom is -0.147 e. The molecule has 0 saturated carbocycles. The fourth-order valence-electron chi connectivity index (χ4n) is 1.12. The van der Waals surface area contributed by atoms with Gasteiger partial charge in [0.05, 0.1) is 0 Å². The maximum absolute atomic E-state index is 2.37. The third kappa shape index (κ3) is 18.4. The van der Waals surface area contributed by atoms with Crippen LogP contribution < -0.4 is 0 Å². The summed E-state index contributed by atoms with van der Waals surface area (Å²) in [6, 6.07) is 0. The van der Waals surface area contributed by atoms with E-state index in [1.165, 1.54) is 0 Å². The first-order chi connectivity index (χ1) is 3.71. The van der Waals surface area contributed by atoms with E-state index < -0.39 is 0 Å². The van der Waals surface area contributed by atoms with Gasteiger partial charge in [-0.05, 0) is 0 Å². The van der Waals surface area contributed by atoms with Crippen LogP contribution in [0.1, 0.15) is 41.5 Å². The van der Waals surface area contributed by atoms with Crippen LogP contribution in [0.2, 0.25) is 6.86 Å². The van der Waals surface area contributed by atoms with Crippen LogP contribution in [0, 0.1) is 0 Å². The van der Waals surface area contributed by atoms with E-state index in [1.807, 2.05) is 0 Å². The van der Waals surface area contributed by atoms with E-state index in [-0.39, 0.29) is 46.0 Å². The van der Waals surface area contributed by atoms with Gasteiger partial charge in [0, 0.05) is 0 Å². The minimum absolute atomic E-state index is 0. The largest absolute Gasteiger partial charge is 0.147 e. The van der Waals surface area contributed by atoms with Crippen molar-refractivity contribution in [2.45, 2.75) is 48.4 Å². The van der Waals surface area contributed by atoms with E-state index in [2.05, 4.69) is 41.5 Å². The van der Waals surface area contributed by atoms with Crippen molar-refractivity contribution in [2.75, 3.05) is 0 Å². The summed E-state index contributed by atoms with van der Waals surface area (Å²) in [6.45, 7) is 14.2. The van der Waals surface area contributed by atoms with E-state index in [1.54, 1.807) is 0 Å². The fourth-order valence-corrected chi connectivity index (χ4v) is 7.55. The van der Waals surface area contributed by atoms with Crippen LogP contribution in [0.5, 0.6) is 0 Å². The molecule has 11 heavy (non-hydrogen) atoms. The Hall–Kier alpha value is 1.38. The number of rotatable bonds is 0. The van der Waals surface area contributed by atoms with Crippen molar-refractivity contribution in [1.29, 1.82) is 0 Å². The van der Waals surface area contributed by atoms with E-state index in [0.717, 1.165) is 0 Å². The van der Waals surface area contributed by atoms with Crippen molar-refractivity contribution >= 4 is 46.0 Å². The third-order valence-electron chi connectivity index (χ3n) is 0.750. The summed E-state index contributed by atoms with van der Waals surface area (Å²) in [6.07, 6.45) is 0. The molecule has 0 aromatic rings. The van der Waals surface area contributed by atoms with Crippen molar-refractivity contribution in [3.8, 4) is 0 Å². The van der Waals surface area contributed by atoms with Crippen LogP contribution in [0.3, 0.4) is 0 Å². The summed E-state index contributed by atoms with van der Waals surface area (Å²) in [4.78, 5) is 0. The predicted octanol–water partition coefficient (Wildman–Crippen LogP) is 3.97. The van der Waals surface area contributed by atoms with Gasteiger partial charge in [-0.25, -0.2) is 0 Å². The topological polar surface area (TPSA) is 0 Å². The Kier molecular flexibility index (Phi) is 9.82. The molecule has 0 aliphatic rings. The quantitative estimate of drug-likeness (QED) is 0.594. The molecule has 0 aliphatic heterocycles. The Morgan fingerprint density at radius 2 is 0.818 bits per heavy atom. The summed E-state index contributed by atoms with van der Waals surface area (Å²) in [5, 5.41) is 0. The number of hydrogen-bond donors (Lipinski definition) is 0. The molecular formula is C8H20Cl2Sn. The maximum Gasteiger partial charge on any atom is -0.147 e. The van der Waals surface area contributed by atoms with Crippen LogP contribution in [-0.2, 0) is 0 Å². The van der Waals surface area contributed by atoms with Crippen molar-refractivity contribution in [3.05, 3.63) is 0 Å². The SMILES string of the molecule is C[C](C)(C)[Sn][C](C)(C)C.Cl.Cl. The summed E-state index contributed by atoms with van der Waals surface area (Å²) < 4.78 is 1.31. The van der Waals surface area contributed by atoms with Gasteiger partial charge in [-0.2, -0.15) is 0 Å². The molecule has 0 aromatic heterocycles. The van der Waals surface area contributed by atoms with Crippen molar-refractivity contribution < 1.29 is 0 Å². The summed E-state index contributed by atoms with van der Waals surface area (Å²) in [5.41, 5.74) is 0. The Morgan fingerprint density at radius 1 is 0.636 bits per heavy atom. The molecular weight excluding hydrogens is 286 g/mol. The molecule has 3 heteroatoms. The molecule has 0 aliphatic carbocycles. The summed E-state index contributed by atoms with van der Waals surface area (Å²) in [7, 11) is 0. The second-order valence-corrected chi connectivity index (χ2v) is 13.9. The van der Waals surface area contributed by atoms with Crippen LogP contribution in [0.25, 0.3) is 0 Å². The van der Waals surface area contributed by atoms with Gasteiger partial charge in [0.15, 0.2) is 0 Å². The first-order valence-electron chi connectivity index (χ1n) is 3.50. The molecule has 0 N–H and O–H groups in total. The summed E-state index contributed by atoms with van der Waals surface area (Å²) >= 11 is -0.182. The molecule has 0 fully saturated rings. The van der Waals surface area contributed by atoms with Gasteiger partial charge in [0.1, 0.15) is 0 Å². The monoisotopic (exact) mass is 306 g/mol. The van der Waals surface area contributed by atoms with Gasteiger partial charge in [-0.3, -0.25) is 0 Å². The zero-order chi connectivity index (χ0) is 7.71. The van der Waals surface area contributed by atoms with Gasteiger partial charge in [0.25, 0.3) is 0 Å². The van der Waals surface area contributed by atoms with Crippen LogP contribution in [0.4, 0.5) is 0 Å². The van der Waals surface area contributed by atoms with Crippen LogP contribution in [-0.4, -0.2) is 21.1 Å². The molecule has 0 aromatic carbocycles. The molecule has 0 saturated heterocycles. The molecule has 2 radical (unpaired) electrons. The smallest absolute Gasteiger partial charge is 0.147 e. The predicted molar refractivity (Wildman–Crippen MR) is 59.7 cm³/mol. The standard InChI is InChI=1S/2C4H9.2ClH.Sn/c2*1-4(2)3;;;/h2*1-3H3;2*1H;. The average Bonchev–Trinajstić information content (AvgIpc) is 1.14. The molecule has 0 rings (SSSR count). The second kappa shape index (κ2) is 5.93. The molecule has 0 amide bonds. The Bertz CT molecular complexity index is 77.2. The number of halogens is 2. The van der Waals surface area contributed by atoms with E-state index in [4.69, 9.17) is 0 Å². The first-order valence-corrected chi connectivity index (χ1v) is 6.35. The molecule has 0 heterocycles. The third-order valence-corrected chi connectivity index (χ3v) is 5.03. The second-order valence-electron chi connectivity index (χ2n) is 4.62. The molecule has 70 valence electrons. The zero-order valence-corrected chi connectivity index (χ0v) is 12.8. The van der Waals surface area contributed by atoms with Crippen molar-refractivity contribution in [3.63, 3.8) is 0 Å². The van der Waals surface area contributed by atoms with Crippen molar-refractivity contribution in [2.24, 2.45) is 0 Å². The fraction of sp³-hybridized carbons (Fsp3) is 1.00. The molecule has 0 nitrogen and oxygen atoms in total. The summed E-state index contributed by atoms with van der Waals surface area (Å²) in [5.74, 6) is 0. The maximum atomic E-state index is 2.37. The molecule has 0 bridgehead atoms. The van der Waals surface area contributed by atoms with Gasteiger partial charge in [-0.15, -0.1) is 24.8 Å². The molecule has 0 unspecified atom stereocenters. The Balaban J connectivity index is -0.000000320. The Morgan fingerprint density at radius 3 is 0.818 bits per heavy atom. The van der Waals surface area contributed by atoms with Gasteiger partial charge in [0.2, 0.25) is 0 Å². The molecule has 0 atom stereocenters. The minimum atomic E-state index is -0.182.